The average molecular weight is 244 g/mol. The summed E-state index contributed by atoms with van der Waals surface area (Å²) in [6.45, 7) is 0. The monoisotopic (exact) mass is 244 g/mol. The van der Waals surface area contributed by atoms with Crippen molar-refractivity contribution >= 4 is 8.46 Å². The lowest BCUT2D eigenvalue weighted by Gasteiger charge is -2.17. The maximum atomic E-state index is 10.5. The highest BCUT2D eigenvalue weighted by molar-refractivity contribution is 7.23. The summed E-state index contributed by atoms with van der Waals surface area (Å²) < 4.78 is 16.2. The van der Waals surface area contributed by atoms with Crippen LogP contribution in [0.5, 0.6) is 0 Å². The molecule has 0 atom stereocenters. The second-order valence-corrected chi connectivity index (χ2v) is 4.14. The van der Waals surface area contributed by atoms with Gasteiger partial charge < -0.3 is 4.74 Å². The third-order valence-corrected chi connectivity index (χ3v) is 2.75. The lowest BCUT2D eigenvalue weighted by molar-refractivity contribution is 0.119. The molecule has 2 rings (SSSR count). The summed E-state index contributed by atoms with van der Waals surface area (Å²) >= 11 is 0. The third kappa shape index (κ3) is 3.23. The molecule has 0 saturated carbocycles. The summed E-state index contributed by atoms with van der Waals surface area (Å²) in [5.41, 5.74) is 2.14. The Bertz CT molecular complexity index is 417. The van der Waals surface area contributed by atoms with E-state index in [0.29, 0.717) is 0 Å². The van der Waals surface area contributed by atoms with Gasteiger partial charge in [0, 0.05) is 0 Å². The molecule has 2 nitrogen and oxygen atoms in total. The normalized spacial score (nSPS) is 10.9. The van der Waals surface area contributed by atoms with E-state index in [1.165, 1.54) is 0 Å². The van der Waals surface area contributed by atoms with Crippen molar-refractivity contribution in [3.8, 4) is 0 Å². The molecule has 0 unspecified atom stereocenters. The van der Waals surface area contributed by atoms with Crippen LogP contribution < -0.4 is 0 Å². The van der Waals surface area contributed by atoms with Crippen LogP contribution in [-0.4, -0.2) is 6.35 Å². The standard InChI is InChI=1S/C14H13O2P/c15-17-11-16-14(12-7-3-1-4-8-12)13-9-5-2-6-10-13/h1-10,14H,11H2. The highest BCUT2D eigenvalue weighted by Gasteiger charge is 2.13. The first-order valence-electron chi connectivity index (χ1n) is 5.42. The van der Waals surface area contributed by atoms with Gasteiger partial charge in [-0.15, -0.1) is 0 Å². The Hall–Kier alpha value is -1.50. The van der Waals surface area contributed by atoms with Crippen LogP contribution in [0.15, 0.2) is 60.7 Å². The Balaban J connectivity index is 2.29. The van der Waals surface area contributed by atoms with Crippen molar-refractivity contribution in [3.63, 3.8) is 0 Å². The molecule has 0 aliphatic heterocycles. The van der Waals surface area contributed by atoms with E-state index in [9.17, 15) is 4.57 Å². The van der Waals surface area contributed by atoms with Crippen LogP contribution in [0.4, 0.5) is 0 Å². The number of benzene rings is 2. The molecule has 17 heavy (non-hydrogen) atoms. The van der Waals surface area contributed by atoms with Crippen LogP contribution in [0.1, 0.15) is 17.2 Å². The van der Waals surface area contributed by atoms with Crippen LogP contribution in [0.3, 0.4) is 0 Å². The summed E-state index contributed by atoms with van der Waals surface area (Å²) in [4.78, 5) is 0. The minimum Gasteiger partial charge on any atom is -0.357 e. The predicted molar refractivity (Wildman–Crippen MR) is 68.3 cm³/mol. The van der Waals surface area contributed by atoms with Crippen LogP contribution in [0.2, 0.25) is 0 Å². The van der Waals surface area contributed by atoms with E-state index >= 15 is 0 Å². The van der Waals surface area contributed by atoms with Crippen molar-refractivity contribution in [2.24, 2.45) is 0 Å². The highest BCUT2D eigenvalue weighted by atomic mass is 31.1. The molecular weight excluding hydrogens is 231 g/mol. The fourth-order valence-electron chi connectivity index (χ4n) is 1.75. The highest BCUT2D eigenvalue weighted by Crippen LogP contribution is 2.26. The molecule has 0 bridgehead atoms. The fourth-order valence-corrected chi connectivity index (χ4v) is 1.96. The summed E-state index contributed by atoms with van der Waals surface area (Å²) in [6.07, 6.45) is 0.0490. The van der Waals surface area contributed by atoms with E-state index in [2.05, 4.69) is 0 Å². The Kier molecular flexibility index (Phi) is 4.43. The van der Waals surface area contributed by atoms with E-state index in [1.54, 1.807) is 0 Å². The molecule has 86 valence electrons. The molecule has 0 aliphatic rings. The van der Waals surface area contributed by atoms with Gasteiger partial charge in [0.05, 0.1) is 0 Å². The van der Waals surface area contributed by atoms with Gasteiger partial charge in [-0.05, 0) is 11.1 Å². The SMILES string of the molecule is O=PCOC(c1ccccc1)c1ccccc1. The Labute approximate surface area is 102 Å². The zero-order chi connectivity index (χ0) is 11.9. The topological polar surface area (TPSA) is 26.3 Å². The molecule has 0 heterocycles. The second-order valence-electron chi connectivity index (χ2n) is 3.63. The maximum Gasteiger partial charge on any atom is 0.183 e. The second kappa shape index (κ2) is 6.29. The lowest BCUT2D eigenvalue weighted by atomic mass is 10.0. The van der Waals surface area contributed by atoms with Gasteiger partial charge in [0.2, 0.25) is 0 Å². The first-order valence-corrected chi connectivity index (χ1v) is 6.42. The van der Waals surface area contributed by atoms with Crippen LogP contribution in [0, 0.1) is 0 Å². The van der Waals surface area contributed by atoms with Crippen molar-refractivity contribution in [2.75, 3.05) is 6.35 Å². The van der Waals surface area contributed by atoms with Gasteiger partial charge >= 0.3 is 0 Å². The summed E-state index contributed by atoms with van der Waals surface area (Å²) in [6, 6.07) is 19.9. The van der Waals surface area contributed by atoms with E-state index in [0.717, 1.165) is 11.1 Å². The smallest absolute Gasteiger partial charge is 0.183 e. The molecule has 0 aromatic heterocycles. The lowest BCUT2D eigenvalue weighted by Crippen LogP contribution is -2.04. The molecule has 2 aromatic carbocycles. The van der Waals surface area contributed by atoms with Gasteiger partial charge in [-0.25, -0.2) is 0 Å². The van der Waals surface area contributed by atoms with Crippen molar-refractivity contribution in [2.45, 2.75) is 6.10 Å². The zero-order valence-corrected chi connectivity index (χ0v) is 10.2. The molecule has 0 radical (unpaired) electrons. The van der Waals surface area contributed by atoms with Gasteiger partial charge in [-0.1, -0.05) is 60.7 Å². The van der Waals surface area contributed by atoms with E-state index in [1.807, 2.05) is 60.7 Å². The summed E-state index contributed by atoms with van der Waals surface area (Å²) in [5.74, 6) is 0. The first-order chi connectivity index (χ1) is 8.42. The van der Waals surface area contributed by atoms with Crippen LogP contribution >= 0.6 is 8.46 Å². The number of hydrogen-bond acceptors (Lipinski definition) is 2. The van der Waals surface area contributed by atoms with E-state index < -0.39 is 0 Å². The Morgan fingerprint density at radius 3 is 1.76 bits per heavy atom. The molecule has 2 aromatic rings. The van der Waals surface area contributed by atoms with E-state index in [4.69, 9.17) is 4.74 Å². The largest absolute Gasteiger partial charge is 0.357 e. The first kappa shape index (κ1) is 12.0. The number of ether oxygens (including phenoxy) is 1. The van der Waals surface area contributed by atoms with Gasteiger partial charge in [0.15, 0.2) is 8.46 Å². The average Bonchev–Trinajstić information content (AvgIpc) is 2.42. The number of hydrogen-bond donors (Lipinski definition) is 0. The molecule has 0 fully saturated rings. The van der Waals surface area contributed by atoms with Gasteiger partial charge in [0.1, 0.15) is 12.5 Å². The molecule has 3 heteroatoms. The summed E-state index contributed by atoms with van der Waals surface area (Å²) in [5, 5.41) is 0. The minimum absolute atomic E-state index is 0.00760. The van der Waals surface area contributed by atoms with Gasteiger partial charge in [-0.3, -0.25) is 4.57 Å². The minimum atomic E-state index is -0.154. The van der Waals surface area contributed by atoms with Gasteiger partial charge in [0.25, 0.3) is 0 Å². The van der Waals surface area contributed by atoms with Crippen LogP contribution in [-0.2, 0) is 9.30 Å². The van der Waals surface area contributed by atoms with Crippen molar-refractivity contribution in [1.82, 2.24) is 0 Å². The quantitative estimate of drug-likeness (QED) is 0.742. The maximum absolute atomic E-state index is 10.5. The zero-order valence-electron chi connectivity index (χ0n) is 9.32. The molecular formula is C14H13O2P. The van der Waals surface area contributed by atoms with Crippen molar-refractivity contribution < 1.29 is 9.30 Å². The molecule has 0 N–H and O–H groups in total. The van der Waals surface area contributed by atoms with Crippen molar-refractivity contribution in [1.29, 1.82) is 0 Å². The molecule has 0 amide bonds. The summed E-state index contributed by atoms with van der Waals surface area (Å²) in [7, 11) is 0.00760. The van der Waals surface area contributed by atoms with Crippen molar-refractivity contribution in [3.05, 3.63) is 71.8 Å². The number of rotatable bonds is 5. The third-order valence-electron chi connectivity index (χ3n) is 2.50. The Morgan fingerprint density at radius 2 is 1.35 bits per heavy atom. The Morgan fingerprint density at radius 1 is 0.882 bits per heavy atom. The van der Waals surface area contributed by atoms with Crippen LogP contribution in [0.25, 0.3) is 0 Å². The fraction of sp³-hybridized carbons (Fsp3) is 0.143. The predicted octanol–water partition coefficient (Wildman–Crippen LogP) is 4.04. The van der Waals surface area contributed by atoms with Gasteiger partial charge in [-0.2, -0.15) is 0 Å². The van der Waals surface area contributed by atoms with E-state index in [-0.39, 0.29) is 20.9 Å². The molecule has 0 aliphatic carbocycles. The molecule has 0 saturated heterocycles. The molecule has 0 spiro atoms.